The summed E-state index contributed by atoms with van der Waals surface area (Å²) >= 11 is 6.09. The van der Waals surface area contributed by atoms with E-state index in [0.717, 1.165) is 18.5 Å². The number of rotatable bonds is 5. The number of hydrogen-bond acceptors (Lipinski definition) is 3. The third-order valence-electron chi connectivity index (χ3n) is 5.12. The standard InChI is InChI=1S/C22H21ClN2O3/c1-24(2)11-6-12-25-19(14-7-4-3-5-8-14)18-20(26)16-13-15(23)9-10-17(16)28-21(18)22(25)27/h3-5,7-10,13,19H,6,11-12H2,1-2H3/p+1/t19-/m1/s1. The molecule has 1 aliphatic heterocycles. The lowest BCUT2D eigenvalue weighted by atomic mass is 9.98. The van der Waals surface area contributed by atoms with Gasteiger partial charge in [0.25, 0.3) is 5.91 Å². The Balaban J connectivity index is 1.88. The van der Waals surface area contributed by atoms with Crippen molar-refractivity contribution in [2.75, 3.05) is 27.2 Å². The molecule has 0 spiro atoms. The molecular weight excluding hydrogens is 376 g/mol. The summed E-state index contributed by atoms with van der Waals surface area (Å²) in [5.74, 6) is -0.0857. The van der Waals surface area contributed by atoms with Gasteiger partial charge in [-0.1, -0.05) is 41.9 Å². The fourth-order valence-electron chi connectivity index (χ4n) is 3.81. The fourth-order valence-corrected chi connectivity index (χ4v) is 3.98. The summed E-state index contributed by atoms with van der Waals surface area (Å²) in [6.07, 6.45) is 0.838. The van der Waals surface area contributed by atoms with Crippen molar-refractivity contribution in [1.29, 1.82) is 0 Å². The molecule has 0 fully saturated rings. The molecule has 2 aromatic carbocycles. The van der Waals surface area contributed by atoms with Gasteiger partial charge in [0.05, 0.1) is 37.6 Å². The Morgan fingerprint density at radius 3 is 2.57 bits per heavy atom. The van der Waals surface area contributed by atoms with Gasteiger partial charge in [-0.05, 0) is 23.8 Å². The summed E-state index contributed by atoms with van der Waals surface area (Å²) in [5, 5.41) is 0.866. The number of nitrogens with zero attached hydrogens (tertiary/aromatic N) is 1. The number of carbonyl (C=O) groups excluding carboxylic acids is 1. The van der Waals surface area contributed by atoms with Gasteiger partial charge in [0.15, 0.2) is 5.43 Å². The molecule has 1 N–H and O–H groups in total. The van der Waals surface area contributed by atoms with Gasteiger partial charge in [0.1, 0.15) is 5.58 Å². The number of nitrogens with one attached hydrogen (secondary N) is 1. The van der Waals surface area contributed by atoms with E-state index >= 15 is 0 Å². The van der Waals surface area contributed by atoms with Crippen LogP contribution in [0.1, 0.15) is 34.1 Å². The van der Waals surface area contributed by atoms with E-state index in [1.165, 1.54) is 4.90 Å². The largest absolute Gasteiger partial charge is 0.450 e. The molecule has 5 nitrogen and oxygen atoms in total. The zero-order valence-electron chi connectivity index (χ0n) is 15.9. The van der Waals surface area contributed by atoms with Gasteiger partial charge in [-0.3, -0.25) is 9.59 Å². The minimum Gasteiger partial charge on any atom is -0.450 e. The van der Waals surface area contributed by atoms with E-state index in [1.54, 1.807) is 23.1 Å². The second-order valence-electron chi connectivity index (χ2n) is 7.44. The number of amides is 1. The van der Waals surface area contributed by atoms with Crippen LogP contribution in [0.5, 0.6) is 0 Å². The van der Waals surface area contributed by atoms with E-state index in [4.69, 9.17) is 16.0 Å². The summed E-state index contributed by atoms with van der Waals surface area (Å²) in [6, 6.07) is 14.1. The van der Waals surface area contributed by atoms with E-state index in [9.17, 15) is 9.59 Å². The second-order valence-corrected chi connectivity index (χ2v) is 7.87. The Kier molecular flexibility index (Phi) is 4.96. The first-order valence-corrected chi connectivity index (χ1v) is 9.76. The Morgan fingerprint density at radius 1 is 1.11 bits per heavy atom. The monoisotopic (exact) mass is 397 g/mol. The van der Waals surface area contributed by atoms with Crippen LogP contribution in [0.25, 0.3) is 11.0 Å². The van der Waals surface area contributed by atoms with Gasteiger partial charge in [-0.2, -0.15) is 0 Å². The summed E-state index contributed by atoms with van der Waals surface area (Å²) in [6.45, 7) is 1.49. The van der Waals surface area contributed by atoms with Gasteiger partial charge in [-0.15, -0.1) is 0 Å². The highest BCUT2D eigenvalue weighted by Gasteiger charge is 2.42. The molecule has 0 unspecified atom stereocenters. The second kappa shape index (κ2) is 7.41. The van der Waals surface area contributed by atoms with Crippen LogP contribution < -0.4 is 10.3 Å². The minimum absolute atomic E-state index is 0.144. The average Bonchev–Trinajstić information content (AvgIpc) is 2.95. The molecule has 0 aliphatic carbocycles. The topological polar surface area (TPSA) is 55.0 Å². The molecule has 1 aromatic heterocycles. The SMILES string of the molecule is C[NH+](C)CCCN1C(=O)c2oc3ccc(Cl)cc3c(=O)c2[C@H]1c1ccccc1. The van der Waals surface area contributed by atoms with Gasteiger partial charge < -0.3 is 14.2 Å². The van der Waals surface area contributed by atoms with Gasteiger partial charge >= 0.3 is 0 Å². The molecule has 1 amide bonds. The molecular formula is C22H22ClN2O3+. The van der Waals surface area contributed by atoms with Crippen LogP contribution in [-0.4, -0.2) is 38.0 Å². The molecule has 3 aromatic rings. The van der Waals surface area contributed by atoms with E-state index in [0.29, 0.717) is 28.1 Å². The molecule has 2 heterocycles. The highest BCUT2D eigenvalue weighted by Crippen LogP contribution is 2.38. The molecule has 1 aliphatic rings. The first-order valence-electron chi connectivity index (χ1n) is 9.38. The lowest BCUT2D eigenvalue weighted by molar-refractivity contribution is -0.858. The summed E-state index contributed by atoms with van der Waals surface area (Å²) in [7, 11) is 4.16. The quantitative estimate of drug-likeness (QED) is 0.719. The van der Waals surface area contributed by atoms with E-state index in [-0.39, 0.29) is 17.1 Å². The number of hydrogen-bond donors (Lipinski definition) is 1. The molecule has 28 heavy (non-hydrogen) atoms. The molecule has 0 saturated carbocycles. The van der Waals surface area contributed by atoms with Crippen molar-refractivity contribution in [3.05, 3.63) is 80.7 Å². The molecule has 6 heteroatoms. The maximum atomic E-state index is 13.3. The molecule has 0 bridgehead atoms. The zero-order chi connectivity index (χ0) is 19.8. The van der Waals surface area contributed by atoms with Crippen LogP contribution in [0, 0.1) is 0 Å². The third-order valence-corrected chi connectivity index (χ3v) is 5.35. The van der Waals surface area contributed by atoms with Crippen LogP contribution >= 0.6 is 11.6 Å². The number of halogens is 1. The first-order chi connectivity index (χ1) is 13.5. The molecule has 0 radical (unpaired) electrons. The van der Waals surface area contributed by atoms with E-state index in [2.05, 4.69) is 14.1 Å². The maximum Gasteiger partial charge on any atom is 0.290 e. The van der Waals surface area contributed by atoms with Gasteiger partial charge in [-0.25, -0.2) is 0 Å². The van der Waals surface area contributed by atoms with Crippen molar-refractivity contribution < 1.29 is 14.1 Å². The first kappa shape index (κ1) is 18.7. The maximum absolute atomic E-state index is 13.3. The van der Waals surface area contributed by atoms with Crippen molar-refractivity contribution in [1.82, 2.24) is 4.90 Å². The highest BCUT2D eigenvalue weighted by atomic mass is 35.5. The van der Waals surface area contributed by atoms with Crippen molar-refractivity contribution >= 4 is 28.5 Å². The Hall–Kier alpha value is -2.63. The predicted molar refractivity (Wildman–Crippen MR) is 109 cm³/mol. The Morgan fingerprint density at radius 2 is 1.86 bits per heavy atom. The van der Waals surface area contributed by atoms with Crippen molar-refractivity contribution in [2.45, 2.75) is 12.5 Å². The zero-order valence-corrected chi connectivity index (χ0v) is 16.6. The fraction of sp³-hybridized carbons (Fsp3) is 0.273. The number of quaternary nitrogens is 1. The summed E-state index contributed by atoms with van der Waals surface area (Å²) in [5.41, 5.74) is 1.50. The Labute approximate surface area is 168 Å². The van der Waals surface area contributed by atoms with Crippen LogP contribution in [0.2, 0.25) is 5.02 Å². The van der Waals surface area contributed by atoms with Crippen molar-refractivity contribution in [2.24, 2.45) is 0 Å². The number of benzene rings is 2. The van der Waals surface area contributed by atoms with Crippen LogP contribution in [0.4, 0.5) is 0 Å². The van der Waals surface area contributed by atoms with Crippen molar-refractivity contribution in [3.63, 3.8) is 0 Å². The lowest BCUT2D eigenvalue weighted by Gasteiger charge is -2.25. The minimum atomic E-state index is -0.444. The molecule has 4 rings (SSSR count). The smallest absolute Gasteiger partial charge is 0.290 e. The van der Waals surface area contributed by atoms with Crippen LogP contribution in [0.15, 0.2) is 57.7 Å². The summed E-state index contributed by atoms with van der Waals surface area (Å²) < 4.78 is 5.91. The molecule has 144 valence electrons. The van der Waals surface area contributed by atoms with Crippen LogP contribution in [0.3, 0.4) is 0 Å². The normalized spacial score (nSPS) is 16.2. The Bertz CT molecular complexity index is 1090. The predicted octanol–water partition coefficient (Wildman–Crippen LogP) is 2.53. The average molecular weight is 398 g/mol. The van der Waals surface area contributed by atoms with Gasteiger partial charge in [0.2, 0.25) is 5.76 Å². The molecule has 1 atom stereocenters. The molecule has 0 saturated heterocycles. The van der Waals surface area contributed by atoms with E-state index < -0.39 is 6.04 Å². The number of carbonyl (C=O) groups is 1. The van der Waals surface area contributed by atoms with Crippen LogP contribution in [-0.2, 0) is 0 Å². The lowest BCUT2D eigenvalue weighted by Crippen LogP contribution is -3.05. The highest BCUT2D eigenvalue weighted by molar-refractivity contribution is 6.31. The van der Waals surface area contributed by atoms with Crippen molar-refractivity contribution in [3.8, 4) is 0 Å². The van der Waals surface area contributed by atoms with Gasteiger partial charge in [0, 0.05) is 18.0 Å². The summed E-state index contributed by atoms with van der Waals surface area (Å²) in [4.78, 5) is 29.6. The number of fused-ring (bicyclic) bond motifs is 2. The van der Waals surface area contributed by atoms with E-state index in [1.807, 2.05) is 30.3 Å². The third kappa shape index (κ3) is 3.21.